The number of ether oxygens (including phenoxy) is 1. The summed E-state index contributed by atoms with van der Waals surface area (Å²) < 4.78 is 5.37. The maximum atomic E-state index is 8.77. The number of rotatable bonds is 4. The molecule has 1 fully saturated rings. The van der Waals surface area contributed by atoms with Gasteiger partial charge >= 0.3 is 0 Å². The van der Waals surface area contributed by atoms with Crippen LogP contribution in [-0.2, 0) is 11.3 Å². The summed E-state index contributed by atoms with van der Waals surface area (Å²) in [6, 6.07) is 3.77. The minimum Gasteiger partial charge on any atom is -0.409 e. The Balaban J connectivity index is 2.07. The first-order chi connectivity index (χ1) is 9.14. The second-order valence-electron chi connectivity index (χ2n) is 5.02. The Morgan fingerprint density at radius 1 is 1.58 bits per heavy atom. The van der Waals surface area contributed by atoms with Crippen molar-refractivity contribution in [2.75, 3.05) is 13.2 Å². The first-order valence-electron chi connectivity index (χ1n) is 6.39. The number of nitrogens with one attached hydrogen (secondary N) is 1. The van der Waals surface area contributed by atoms with Crippen LogP contribution in [0, 0.1) is 0 Å². The molecule has 0 atom stereocenters. The molecule has 1 aliphatic rings. The number of aromatic nitrogens is 1. The van der Waals surface area contributed by atoms with Gasteiger partial charge in [-0.15, -0.1) is 0 Å². The summed E-state index contributed by atoms with van der Waals surface area (Å²) in [5.74, 6) is 0.0366. The summed E-state index contributed by atoms with van der Waals surface area (Å²) in [5.41, 5.74) is 7.14. The van der Waals surface area contributed by atoms with E-state index in [0.717, 1.165) is 31.6 Å². The number of pyridine rings is 1. The van der Waals surface area contributed by atoms with Gasteiger partial charge in [0.25, 0.3) is 0 Å². The van der Waals surface area contributed by atoms with Gasteiger partial charge in [-0.25, -0.2) is 0 Å². The summed E-state index contributed by atoms with van der Waals surface area (Å²) in [7, 11) is 0. The van der Waals surface area contributed by atoms with E-state index in [0.29, 0.717) is 12.2 Å². The Morgan fingerprint density at radius 2 is 2.32 bits per heavy atom. The largest absolute Gasteiger partial charge is 0.409 e. The fourth-order valence-corrected chi connectivity index (χ4v) is 2.17. The van der Waals surface area contributed by atoms with E-state index in [1.54, 1.807) is 6.20 Å². The molecule has 6 nitrogen and oxygen atoms in total. The molecule has 0 radical (unpaired) electrons. The molecule has 0 saturated carbocycles. The maximum Gasteiger partial charge on any atom is 0.189 e. The van der Waals surface area contributed by atoms with Crippen LogP contribution >= 0.6 is 0 Å². The van der Waals surface area contributed by atoms with E-state index in [4.69, 9.17) is 15.7 Å². The van der Waals surface area contributed by atoms with Crippen LogP contribution in [0.15, 0.2) is 23.5 Å². The predicted molar refractivity (Wildman–Crippen MR) is 72.0 cm³/mol. The van der Waals surface area contributed by atoms with Gasteiger partial charge in [0.1, 0.15) is 5.69 Å². The Hall–Kier alpha value is -1.66. The van der Waals surface area contributed by atoms with Crippen LogP contribution in [-0.4, -0.2) is 34.8 Å². The van der Waals surface area contributed by atoms with Crippen molar-refractivity contribution in [1.82, 2.24) is 10.3 Å². The van der Waals surface area contributed by atoms with Crippen molar-refractivity contribution in [2.24, 2.45) is 10.9 Å². The number of nitrogens with two attached hydrogens (primary N) is 1. The van der Waals surface area contributed by atoms with Gasteiger partial charge in [0, 0.05) is 31.5 Å². The van der Waals surface area contributed by atoms with E-state index < -0.39 is 0 Å². The molecule has 6 heteroatoms. The number of hydrogen-bond donors (Lipinski definition) is 3. The summed E-state index contributed by atoms with van der Waals surface area (Å²) >= 11 is 0. The molecule has 0 unspecified atom stereocenters. The molecule has 0 bridgehead atoms. The van der Waals surface area contributed by atoms with Crippen LogP contribution in [0.5, 0.6) is 0 Å². The lowest BCUT2D eigenvalue weighted by Gasteiger charge is -2.34. The monoisotopic (exact) mass is 264 g/mol. The van der Waals surface area contributed by atoms with Crippen molar-refractivity contribution in [3.8, 4) is 0 Å². The van der Waals surface area contributed by atoms with Gasteiger partial charge in [-0.2, -0.15) is 0 Å². The molecule has 0 amide bonds. The van der Waals surface area contributed by atoms with Crippen molar-refractivity contribution in [3.63, 3.8) is 0 Å². The number of amidine groups is 1. The van der Waals surface area contributed by atoms with Crippen LogP contribution in [0.2, 0.25) is 0 Å². The van der Waals surface area contributed by atoms with Gasteiger partial charge in [0.05, 0.1) is 0 Å². The van der Waals surface area contributed by atoms with E-state index in [2.05, 4.69) is 22.4 Å². The zero-order chi connectivity index (χ0) is 13.7. The second-order valence-corrected chi connectivity index (χ2v) is 5.02. The summed E-state index contributed by atoms with van der Waals surface area (Å²) in [6.07, 6.45) is 3.59. The van der Waals surface area contributed by atoms with Gasteiger partial charge < -0.3 is 21.0 Å². The van der Waals surface area contributed by atoms with Crippen LogP contribution in [0.4, 0.5) is 0 Å². The van der Waals surface area contributed by atoms with Crippen molar-refractivity contribution in [1.29, 1.82) is 0 Å². The highest BCUT2D eigenvalue weighted by atomic mass is 16.5. The van der Waals surface area contributed by atoms with Gasteiger partial charge in [0.2, 0.25) is 0 Å². The van der Waals surface area contributed by atoms with Crippen LogP contribution < -0.4 is 11.1 Å². The molecule has 0 aliphatic carbocycles. The normalized spacial score (nSPS) is 19.3. The quantitative estimate of drug-likeness (QED) is 0.324. The lowest BCUT2D eigenvalue weighted by Crippen LogP contribution is -2.46. The number of nitrogens with zero attached hydrogens (tertiary/aromatic N) is 2. The van der Waals surface area contributed by atoms with Gasteiger partial charge in [-0.3, -0.25) is 4.98 Å². The Labute approximate surface area is 112 Å². The Kier molecular flexibility index (Phi) is 4.34. The minimum atomic E-state index is 0.0366. The fourth-order valence-electron chi connectivity index (χ4n) is 2.17. The minimum absolute atomic E-state index is 0.0366. The molecule has 1 aromatic heterocycles. The molecular weight excluding hydrogens is 244 g/mol. The van der Waals surface area contributed by atoms with E-state index in [1.807, 2.05) is 12.1 Å². The lowest BCUT2D eigenvalue weighted by atomic mass is 9.92. The zero-order valence-electron chi connectivity index (χ0n) is 11.1. The molecule has 1 saturated heterocycles. The first-order valence-corrected chi connectivity index (χ1v) is 6.39. The smallest absolute Gasteiger partial charge is 0.189 e. The van der Waals surface area contributed by atoms with Gasteiger partial charge in [-0.1, -0.05) is 11.2 Å². The molecule has 2 rings (SSSR count). The fraction of sp³-hybridized carbons (Fsp3) is 0.538. The predicted octanol–water partition coefficient (Wildman–Crippen LogP) is 0.835. The SMILES string of the molecule is CC1(NCc2cccnc2/C(N)=N/O)CCOCC1. The van der Waals surface area contributed by atoms with E-state index in [-0.39, 0.29) is 11.4 Å². The molecule has 2 heterocycles. The topological polar surface area (TPSA) is 92.8 Å². The highest BCUT2D eigenvalue weighted by molar-refractivity contribution is 5.96. The first kappa shape index (κ1) is 13.8. The van der Waals surface area contributed by atoms with E-state index in [1.165, 1.54) is 0 Å². The van der Waals surface area contributed by atoms with E-state index >= 15 is 0 Å². The summed E-state index contributed by atoms with van der Waals surface area (Å²) in [6.45, 7) is 4.39. The lowest BCUT2D eigenvalue weighted by molar-refractivity contribution is 0.0446. The van der Waals surface area contributed by atoms with E-state index in [9.17, 15) is 0 Å². The number of oxime groups is 1. The molecule has 1 aromatic rings. The molecule has 104 valence electrons. The average molecular weight is 264 g/mol. The zero-order valence-corrected chi connectivity index (χ0v) is 11.1. The van der Waals surface area contributed by atoms with Gasteiger partial charge in [-0.05, 0) is 31.4 Å². The average Bonchev–Trinajstić information content (AvgIpc) is 2.45. The van der Waals surface area contributed by atoms with Crippen molar-refractivity contribution in [2.45, 2.75) is 31.8 Å². The Bertz CT molecular complexity index is 456. The third-order valence-electron chi connectivity index (χ3n) is 3.54. The molecule has 4 N–H and O–H groups in total. The van der Waals surface area contributed by atoms with Crippen LogP contribution in [0.1, 0.15) is 31.0 Å². The third kappa shape index (κ3) is 3.42. The highest BCUT2D eigenvalue weighted by Gasteiger charge is 2.26. The third-order valence-corrected chi connectivity index (χ3v) is 3.54. The summed E-state index contributed by atoms with van der Waals surface area (Å²) in [5, 5.41) is 15.3. The van der Waals surface area contributed by atoms with Gasteiger partial charge in [0.15, 0.2) is 5.84 Å². The molecule has 1 aliphatic heterocycles. The summed E-state index contributed by atoms with van der Waals surface area (Å²) in [4.78, 5) is 4.16. The molecule has 0 aromatic carbocycles. The number of hydrogen-bond acceptors (Lipinski definition) is 5. The maximum absolute atomic E-state index is 8.77. The van der Waals surface area contributed by atoms with Crippen molar-refractivity contribution < 1.29 is 9.94 Å². The Morgan fingerprint density at radius 3 is 3.00 bits per heavy atom. The van der Waals surface area contributed by atoms with Crippen LogP contribution in [0.25, 0.3) is 0 Å². The van der Waals surface area contributed by atoms with Crippen molar-refractivity contribution in [3.05, 3.63) is 29.6 Å². The second kappa shape index (κ2) is 5.99. The molecule has 0 spiro atoms. The standard InChI is InChI=1S/C13H20N4O2/c1-13(4-7-19-8-5-13)16-9-10-3-2-6-15-11(10)12(14)17-18/h2-3,6,16,18H,4-5,7-9H2,1H3,(H2,14,17). The molecule has 19 heavy (non-hydrogen) atoms. The van der Waals surface area contributed by atoms with Crippen LogP contribution in [0.3, 0.4) is 0 Å². The van der Waals surface area contributed by atoms with Crippen molar-refractivity contribution >= 4 is 5.84 Å². The highest BCUT2D eigenvalue weighted by Crippen LogP contribution is 2.20. The molecular formula is C13H20N4O2.